The van der Waals surface area contributed by atoms with Crippen LogP contribution >= 0.6 is 0 Å². The summed E-state index contributed by atoms with van der Waals surface area (Å²) < 4.78 is 0. The average molecular weight is 563 g/mol. The third-order valence-corrected chi connectivity index (χ3v) is 8.84. The lowest BCUT2D eigenvalue weighted by Crippen LogP contribution is -1.93. The first-order valence-electron chi connectivity index (χ1n) is 15.1. The largest absolute Gasteiger partial charge is 0.264 e. The molecule has 0 N–H and O–H groups in total. The van der Waals surface area contributed by atoms with E-state index in [1.807, 2.05) is 24.8 Å². The van der Waals surface area contributed by atoms with Gasteiger partial charge in [-0.3, -0.25) is 9.97 Å². The molecule has 0 saturated carbocycles. The lowest BCUT2D eigenvalue weighted by atomic mass is 9.83. The van der Waals surface area contributed by atoms with E-state index in [0.717, 1.165) is 11.1 Å². The van der Waals surface area contributed by atoms with Gasteiger partial charge < -0.3 is 0 Å². The number of fused-ring (bicyclic) bond motifs is 3. The van der Waals surface area contributed by atoms with Gasteiger partial charge in [0.05, 0.1) is 0 Å². The molecule has 2 heterocycles. The minimum atomic E-state index is 1.14. The fraction of sp³-hybridized carbons (Fsp3) is 0.0476. The fourth-order valence-electron chi connectivity index (χ4n) is 6.77. The van der Waals surface area contributed by atoms with Crippen molar-refractivity contribution in [1.29, 1.82) is 0 Å². The highest BCUT2D eigenvalue weighted by Crippen LogP contribution is 2.46. The fourth-order valence-corrected chi connectivity index (χ4v) is 6.77. The van der Waals surface area contributed by atoms with Crippen LogP contribution in [0.1, 0.15) is 11.1 Å². The molecule has 0 saturated heterocycles. The number of benzene rings is 6. The van der Waals surface area contributed by atoms with Crippen LogP contribution in [0.15, 0.2) is 146 Å². The van der Waals surface area contributed by atoms with Crippen LogP contribution in [-0.4, -0.2) is 9.97 Å². The Morgan fingerprint density at radius 2 is 0.932 bits per heavy atom. The second-order valence-corrected chi connectivity index (χ2v) is 11.6. The molecule has 2 aromatic heterocycles. The highest BCUT2D eigenvalue weighted by Gasteiger charge is 2.19. The van der Waals surface area contributed by atoms with Gasteiger partial charge in [0, 0.05) is 35.9 Å². The van der Waals surface area contributed by atoms with Crippen LogP contribution in [0.2, 0.25) is 0 Å². The van der Waals surface area contributed by atoms with Crippen molar-refractivity contribution >= 4 is 32.3 Å². The Labute approximate surface area is 257 Å². The average Bonchev–Trinajstić information content (AvgIpc) is 3.07. The maximum absolute atomic E-state index is 4.45. The minimum Gasteiger partial charge on any atom is -0.264 e. The molecule has 44 heavy (non-hydrogen) atoms. The van der Waals surface area contributed by atoms with Crippen molar-refractivity contribution in [2.45, 2.75) is 13.8 Å². The number of aryl methyl sites for hydroxylation is 2. The molecule has 0 unspecified atom stereocenters. The summed E-state index contributed by atoms with van der Waals surface area (Å²) in [5.74, 6) is 0. The second kappa shape index (κ2) is 10.6. The van der Waals surface area contributed by atoms with Gasteiger partial charge in [-0.05, 0) is 103 Å². The van der Waals surface area contributed by atoms with Crippen LogP contribution in [0, 0.1) is 13.8 Å². The van der Waals surface area contributed by atoms with Crippen molar-refractivity contribution in [2.75, 3.05) is 0 Å². The zero-order valence-corrected chi connectivity index (χ0v) is 24.8. The summed E-state index contributed by atoms with van der Waals surface area (Å²) in [6, 6.07) is 44.3. The SMILES string of the molecule is Cc1cncc(-c2ccc(-c3c4ccccc4c(-c4ccc(-c5cnccc5C)c5ccccc45)c4ccccc34)cc2)c1. The topological polar surface area (TPSA) is 25.8 Å². The van der Waals surface area contributed by atoms with E-state index < -0.39 is 0 Å². The second-order valence-electron chi connectivity index (χ2n) is 11.6. The molecule has 0 aliphatic heterocycles. The van der Waals surface area contributed by atoms with Gasteiger partial charge in [0.2, 0.25) is 0 Å². The molecule has 0 amide bonds. The summed E-state index contributed by atoms with van der Waals surface area (Å²) in [5, 5.41) is 7.49. The molecule has 2 heteroatoms. The van der Waals surface area contributed by atoms with Crippen molar-refractivity contribution in [3.63, 3.8) is 0 Å². The Bertz CT molecular complexity index is 2290. The minimum absolute atomic E-state index is 1.14. The van der Waals surface area contributed by atoms with Crippen LogP contribution in [0.4, 0.5) is 0 Å². The number of rotatable bonds is 4. The molecule has 2 nitrogen and oxygen atoms in total. The summed E-state index contributed by atoms with van der Waals surface area (Å²) in [5.41, 5.74) is 12.1. The van der Waals surface area contributed by atoms with Crippen LogP contribution in [-0.2, 0) is 0 Å². The van der Waals surface area contributed by atoms with Gasteiger partial charge in [-0.2, -0.15) is 0 Å². The first-order chi connectivity index (χ1) is 21.7. The smallest absolute Gasteiger partial charge is 0.0349 e. The molecule has 0 aliphatic rings. The Morgan fingerprint density at radius 1 is 0.386 bits per heavy atom. The normalized spacial score (nSPS) is 11.4. The molecule has 208 valence electrons. The number of hydrogen-bond acceptors (Lipinski definition) is 2. The molecule has 8 rings (SSSR count). The van der Waals surface area contributed by atoms with E-state index in [0.29, 0.717) is 0 Å². The van der Waals surface area contributed by atoms with E-state index in [1.165, 1.54) is 76.8 Å². The quantitative estimate of drug-likeness (QED) is 0.199. The lowest BCUT2D eigenvalue weighted by Gasteiger charge is -2.20. The van der Waals surface area contributed by atoms with Crippen molar-refractivity contribution in [3.05, 3.63) is 157 Å². The molecule has 0 radical (unpaired) electrons. The summed E-state index contributed by atoms with van der Waals surface area (Å²) in [7, 11) is 0. The predicted molar refractivity (Wildman–Crippen MR) is 186 cm³/mol. The van der Waals surface area contributed by atoms with Gasteiger partial charge in [0.1, 0.15) is 0 Å². The number of nitrogens with zero attached hydrogens (tertiary/aromatic N) is 2. The summed E-state index contributed by atoms with van der Waals surface area (Å²) in [6.07, 6.45) is 7.68. The zero-order valence-electron chi connectivity index (χ0n) is 24.8. The Balaban J connectivity index is 1.39. The molecule has 0 aliphatic carbocycles. The molecule has 0 fully saturated rings. The first kappa shape index (κ1) is 26.1. The maximum Gasteiger partial charge on any atom is 0.0349 e. The Hall–Kier alpha value is -5.60. The molecule has 8 aromatic rings. The predicted octanol–water partition coefficient (Wildman–Crippen LogP) is 11.2. The third kappa shape index (κ3) is 4.27. The van der Waals surface area contributed by atoms with Gasteiger partial charge in [-0.1, -0.05) is 109 Å². The van der Waals surface area contributed by atoms with E-state index in [1.54, 1.807) is 0 Å². The maximum atomic E-state index is 4.45. The monoisotopic (exact) mass is 562 g/mol. The number of hydrogen-bond donors (Lipinski definition) is 0. The Morgan fingerprint density at radius 3 is 1.55 bits per heavy atom. The molecule has 0 spiro atoms. The van der Waals surface area contributed by atoms with E-state index in [9.17, 15) is 0 Å². The van der Waals surface area contributed by atoms with Crippen molar-refractivity contribution in [2.24, 2.45) is 0 Å². The van der Waals surface area contributed by atoms with E-state index in [2.05, 4.69) is 145 Å². The molecular formula is C42H30N2. The summed E-state index contributed by atoms with van der Waals surface area (Å²) in [6.45, 7) is 4.24. The van der Waals surface area contributed by atoms with Crippen LogP contribution < -0.4 is 0 Å². The summed E-state index contributed by atoms with van der Waals surface area (Å²) >= 11 is 0. The van der Waals surface area contributed by atoms with Crippen molar-refractivity contribution in [1.82, 2.24) is 9.97 Å². The highest BCUT2D eigenvalue weighted by molar-refractivity contribution is 6.24. The number of pyridine rings is 2. The van der Waals surface area contributed by atoms with Crippen molar-refractivity contribution < 1.29 is 0 Å². The van der Waals surface area contributed by atoms with E-state index in [-0.39, 0.29) is 0 Å². The summed E-state index contributed by atoms with van der Waals surface area (Å²) in [4.78, 5) is 8.86. The first-order valence-corrected chi connectivity index (χ1v) is 15.1. The van der Waals surface area contributed by atoms with Crippen LogP contribution in [0.5, 0.6) is 0 Å². The third-order valence-electron chi connectivity index (χ3n) is 8.84. The molecule has 6 aromatic carbocycles. The van der Waals surface area contributed by atoms with E-state index >= 15 is 0 Å². The Kier molecular flexibility index (Phi) is 6.27. The zero-order chi connectivity index (χ0) is 29.6. The highest BCUT2D eigenvalue weighted by atomic mass is 14.6. The van der Waals surface area contributed by atoms with Gasteiger partial charge in [0.15, 0.2) is 0 Å². The lowest BCUT2D eigenvalue weighted by molar-refractivity contribution is 1.27. The van der Waals surface area contributed by atoms with E-state index in [4.69, 9.17) is 0 Å². The molecule has 0 bridgehead atoms. The molecule has 0 atom stereocenters. The van der Waals surface area contributed by atoms with Gasteiger partial charge >= 0.3 is 0 Å². The van der Waals surface area contributed by atoms with Crippen LogP contribution in [0.3, 0.4) is 0 Å². The van der Waals surface area contributed by atoms with Gasteiger partial charge in [-0.25, -0.2) is 0 Å². The van der Waals surface area contributed by atoms with Gasteiger partial charge in [0.25, 0.3) is 0 Å². The number of aromatic nitrogens is 2. The molecular weight excluding hydrogens is 532 g/mol. The van der Waals surface area contributed by atoms with Crippen LogP contribution in [0.25, 0.3) is 76.8 Å². The van der Waals surface area contributed by atoms with Crippen molar-refractivity contribution in [3.8, 4) is 44.5 Å². The van der Waals surface area contributed by atoms with Gasteiger partial charge in [-0.15, -0.1) is 0 Å². The standard InChI is InChI=1S/C42H30N2/c1-27-23-31(25-44-24-27)29-15-17-30(18-16-29)41-35-11-5-7-13-37(35)42(38-14-8-6-12-36(38)41)39-20-19-34(32-9-3-4-10-33(32)39)40-26-43-22-21-28(40)2/h3-26H,1-2H3.